The molecular formula is C17H35N. The fraction of sp³-hybridized carbons (Fsp3) is 1.00. The number of hydrogen-bond acceptors (Lipinski definition) is 1. The minimum Gasteiger partial charge on any atom is -0.327 e. The third kappa shape index (κ3) is 3.50. The zero-order valence-electron chi connectivity index (χ0n) is 13.4. The van der Waals surface area contributed by atoms with Gasteiger partial charge in [0.05, 0.1) is 0 Å². The van der Waals surface area contributed by atoms with Crippen molar-refractivity contribution in [2.24, 2.45) is 22.5 Å². The summed E-state index contributed by atoms with van der Waals surface area (Å²) in [5.74, 6) is 0.771. The lowest BCUT2D eigenvalue weighted by molar-refractivity contribution is 0.0146. The van der Waals surface area contributed by atoms with Gasteiger partial charge in [0, 0.05) is 6.04 Å². The van der Waals surface area contributed by atoms with E-state index < -0.39 is 0 Å². The molecule has 3 unspecified atom stereocenters. The van der Waals surface area contributed by atoms with Crippen molar-refractivity contribution in [2.75, 3.05) is 0 Å². The van der Waals surface area contributed by atoms with Crippen LogP contribution >= 0.6 is 0 Å². The van der Waals surface area contributed by atoms with Crippen molar-refractivity contribution in [3.05, 3.63) is 0 Å². The van der Waals surface area contributed by atoms with Crippen LogP contribution in [0, 0.1) is 16.7 Å². The summed E-state index contributed by atoms with van der Waals surface area (Å²) >= 11 is 0. The van der Waals surface area contributed by atoms with Crippen LogP contribution in [-0.4, -0.2) is 6.04 Å². The number of hydrogen-bond donors (Lipinski definition) is 1. The van der Waals surface area contributed by atoms with Gasteiger partial charge in [-0.15, -0.1) is 0 Å². The number of rotatable bonds is 2. The molecule has 1 aliphatic carbocycles. The molecule has 0 radical (unpaired) electrons. The summed E-state index contributed by atoms with van der Waals surface area (Å²) in [6, 6.07) is 0.324. The Morgan fingerprint density at radius 2 is 1.67 bits per heavy atom. The number of nitrogens with two attached hydrogens (primary N) is 1. The Labute approximate surface area is 115 Å². The highest BCUT2D eigenvalue weighted by Gasteiger charge is 2.45. The molecule has 0 aromatic carbocycles. The second-order valence-corrected chi connectivity index (χ2v) is 7.60. The Bertz CT molecular complexity index is 238. The lowest BCUT2D eigenvalue weighted by Crippen LogP contribution is -2.49. The first kappa shape index (κ1) is 16.0. The van der Waals surface area contributed by atoms with Crippen LogP contribution in [0.1, 0.15) is 86.0 Å². The predicted octanol–water partition coefficient (Wildman–Crippen LogP) is 5.14. The molecule has 2 N–H and O–H groups in total. The average molecular weight is 253 g/mol. The predicted molar refractivity (Wildman–Crippen MR) is 81.6 cm³/mol. The normalized spacial score (nSPS) is 33.3. The minimum atomic E-state index is 0.324. The van der Waals surface area contributed by atoms with Crippen molar-refractivity contribution in [3.63, 3.8) is 0 Å². The highest BCUT2D eigenvalue weighted by atomic mass is 14.7. The van der Waals surface area contributed by atoms with E-state index >= 15 is 0 Å². The zero-order valence-corrected chi connectivity index (χ0v) is 13.4. The van der Waals surface area contributed by atoms with E-state index in [-0.39, 0.29) is 0 Å². The molecule has 18 heavy (non-hydrogen) atoms. The van der Waals surface area contributed by atoms with E-state index in [0.717, 1.165) is 5.92 Å². The van der Waals surface area contributed by atoms with Crippen LogP contribution in [0.15, 0.2) is 0 Å². The van der Waals surface area contributed by atoms with E-state index in [1.54, 1.807) is 0 Å². The topological polar surface area (TPSA) is 26.0 Å². The molecule has 0 bridgehead atoms. The van der Waals surface area contributed by atoms with Crippen molar-refractivity contribution < 1.29 is 0 Å². The van der Waals surface area contributed by atoms with Gasteiger partial charge in [0.25, 0.3) is 0 Å². The molecule has 1 aliphatic rings. The second-order valence-electron chi connectivity index (χ2n) is 7.60. The molecule has 0 aromatic rings. The molecule has 1 fully saturated rings. The standard InChI is InChI=1S/C17H35N/c1-6-17(14(2)18)13-11-9-7-8-10-12-15(17)16(3,4)5/h14-15H,6-13,18H2,1-5H3. The van der Waals surface area contributed by atoms with Crippen LogP contribution in [0.5, 0.6) is 0 Å². The fourth-order valence-electron chi connectivity index (χ4n) is 4.38. The first-order valence-electron chi connectivity index (χ1n) is 8.10. The molecule has 1 nitrogen and oxygen atoms in total. The zero-order chi connectivity index (χ0) is 13.8. The van der Waals surface area contributed by atoms with Gasteiger partial charge in [0.1, 0.15) is 0 Å². The maximum atomic E-state index is 6.47. The van der Waals surface area contributed by atoms with Gasteiger partial charge in [-0.25, -0.2) is 0 Å². The molecule has 1 heteroatoms. The Hall–Kier alpha value is -0.0400. The third-order valence-corrected chi connectivity index (χ3v) is 5.44. The Morgan fingerprint density at radius 1 is 1.11 bits per heavy atom. The van der Waals surface area contributed by atoms with Gasteiger partial charge in [-0.3, -0.25) is 0 Å². The van der Waals surface area contributed by atoms with Gasteiger partial charge in [0.15, 0.2) is 0 Å². The van der Waals surface area contributed by atoms with Crippen LogP contribution in [0.25, 0.3) is 0 Å². The quantitative estimate of drug-likeness (QED) is 0.725. The molecule has 0 aromatic heterocycles. The van der Waals surface area contributed by atoms with Crippen LogP contribution in [0.4, 0.5) is 0 Å². The van der Waals surface area contributed by atoms with E-state index in [0.29, 0.717) is 16.9 Å². The van der Waals surface area contributed by atoms with E-state index in [9.17, 15) is 0 Å². The molecule has 0 amide bonds. The van der Waals surface area contributed by atoms with Gasteiger partial charge in [-0.2, -0.15) is 0 Å². The summed E-state index contributed by atoms with van der Waals surface area (Å²) in [4.78, 5) is 0. The van der Waals surface area contributed by atoms with Crippen molar-refractivity contribution in [3.8, 4) is 0 Å². The van der Waals surface area contributed by atoms with Crippen molar-refractivity contribution in [1.29, 1.82) is 0 Å². The first-order valence-corrected chi connectivity index (χ1v) is 8.10. The highest BCUT2D eigenvalue weighted by molar-refractivity contribution is 4.96. The van der Waals surface area contributed by atoms with Crippen LogP contribution in [0.2, 0.25) is 0 Å². The van der Waals surface area contributed by atoms with Crippen LogP contribution < -0.4 is 5.73 Å². The van der Waals surface area contributed by atoms with Crippen molar-refractivity contribution >= 4 is 0 Å². The van der Waals surface area contributed by atoms with Crippen molar-refractivity contribution in [1.82, 2.24) is 0 Å². The molecule has 0 saturated heterocycles. The van der Waals surface area contributed by atoms with Gasteiger partial charge in [-0.05, 0) is 42.9 Å². The summed E-state index contributed by atoms with van der Waals surface area (Å²) < 4.78 is 0. The fourth-order valence-corrected chi connectivity index (χ4v) is 4.38. The molecule has 0 heterocycles. The summed E-state index contributed by atoms with van der Waals surface area (Å²) in [6.07, 6.45) is 11.0. The Balaban J connectivity index is 3.06. The van der Waals surface area contributed by atoms with Crippen LogP contribution in [-0.2, 0) is 0 Å². The van der Waals surface area contributed by atoms with Crippen LogP contribution in [0.3, 0.4) is 0 Å². The maximum absolute atomic E-state index is 6.47. The smallest absolute Gasteiger partial charge is 0.00697 e. The average Bonchev–Trinajstić information content (AvgIpc) is 2.37. The third-order valence-electron chi connectivity index (χ3n) is 5.44. The van der Waals surface area contributed by atoms with Gasteiger partial charge < -0.3 is 5.73 Å². The summed E-state index contributed by atoms with van der Waals surface area (Å²) in [6.45, 7) is 11.9. The molecular weight excluding hydrogens is 218 g/mol. The van der Waals surface area contributed by atoms with E-state index in [2.05, 4.69) is 34.6 Å². The van der Waals surface area contributed by atoms with E-state index in [1.165, 1.54) is 51.4 Å². The Morgan fingerprint density at radius 3 is 2.17 bits per heavy atom. The monoisotopic (exact) mass is 253 g/mol. The molecule has 1 saturated carbocycles. The summed E-state index contributed by atoms with van der Waals surface area (Å²) in [7, 11) is 0. The molecule has 1 rings (SSSR count). The molecule has 3 atom stereocenters. The van der Waals surface area contributed by atoms with Gasteiger partial charge >= 0.3 is 0 Å². The lowest BCUT2D eigenvalue weighted by atomic mass is 9.57. The lowest BCUT2D eigenvalue weighted by Gasteiger charge is -2.50. The largest absolute Gasteiger partial charge is 0.327 e. The van der Waals surface area contributed by atoms with Gasteiger partial charge in [0.2, 0.25) is 0 Å². The summed E-state index contributed by atoms with van der Waals surface area (Å²) in [5, 5.41) is 0. The summed E-state index contributed by atoms with van der Waals surface area (Å²) in [5.41, 5.74) is 7.22. The van der Waals surface area contributed by atoms with Gasteiger partial charge in [-0.1, -0.05) is 59.8 Å². The highest BCUT2D eigenvalue weighted by Crippen LogP contribution is 2.51. The Kier molecular flexibility index (Phi) is 5.70. The minimum absolute atomic E-state index is 0.324. The van der Waals surface area contributed by atoms with E-state index in [4.69, 9.17) is 5.73 Å². The first-order chi connectivity index (χ1) is 8.34. The molecule has 0 aliphatic heterocycles. The molecule has 0 spiro atoms. The SMILES string of the molecule is CCC1(C(C)N)CCCCCCCC1C(C)(C)C. The second kappa shape index (κ2) is 6.41. The van der Waals surface area contributed by atoms with Crippen molar-refractivity contribution in [2.45, 2.75) is 92.0 Å². The maximum Gasteiger partial charge on any atom is 0.00697 e. The van der Waals surface area contributed by atoms with E-state index in [1.807, 2.05) is 0 Å². The molecule has 108 valence electrons.